The molecule has 132 valence electrons. The molecule has 0 atom stereocenters. The number of rotatable bonds is 5. The van der Waals surface area contributed by atoms with Gasteiger partial charge in [-0.15, -0.1) is 11.3 Å². The van der Waals surface area contributed by atoms with Gasteiger partial charge in [0.15, 0.2) is 5.13 Å². The average molecular weight is 370 g/mol. The highest BCUT2D eigenvalue weighted by Crippen LogP contribution is 2.29. The first-order valence-corrected chi connectivity index (χ1v) is 7.86. The lowest BCUT2D eigenvalue weighted by Gasteiger charge is -2.06. The molecular weight excluding hydrogens is 357 g/mol. The number of amides is 1. The van der Waals surface area contributed by atoms with E-state index in [1.807, 2.05) is 0 Å². The first-order chi connectivity index (χ1) is 11.7. The smallest absolute Gasteiger partial charge is 0.416 e. The average Bonchev–Trinajstić information content (AvgIpc) is 2.97. The van der Waals surface area contributed by atoms with Gasteiger partial charge in [-0.25, -0.2) is 9.78 Å². The molecule has 0 radical (unpaired) electrons. The highest BCUT2D eigenvalue weighted by molar-refractivity contribution is 7.13. The van der Waals surface area contributed by atoms with Crippen molar-refractivity contribution in [3.05, 3.63) is 52.5 Å². The van der Waals surface area contributed by atoms with Crippen molar-refractivity contribution in [1.82, 2.24) is 4.98 Å². The van der Waals surface area contributed by atoms with Crippen molar-refractivity contribution in [3.63, 3.8) is 0 Å². The Morgan fingerprint density at radius 3 is 2.80 bits per heavy atom. The number of thiazole rings is 1. The van der Waals surface area contributed by atoms with Crippen molar-refractivity contribution >= 4 is 34.4 Å². The van der Waals surface area contributed by atoms with Gasteiger partial charge in [0.05, 0.1) is 11.3 Å². The number of ether oxygens (including phenoxy) is 1. The Labute approximate surface area is 145 Å². The van der Waals surface area contributed by atoms with Crippen molar-refractivity contribution in [2.24, 2.45) is 0 Å². The lowest BCUT2D eigenvalue weighted by molar-refractivity contribution is -0.139. The summed E-state index contributed by atoms with van der Waals surface area (Å²) in [6.45, 7) is 1.24. The zero-order valence-electron chi connectivity index (χ0n) is 13.0. The van der Waals surface area contributed by atoms with Gasteiger partial charge in [-0.05, 0) is 23.8 Å². The van der Waals surface area contributed by atoms with E-state index >= 15 is 0 Å². The number of carbonyl (C=O) groups excluding carboxylic acids is 2. The van der Waals surface area contributed by atoms with E-state index in [0.29, 0.717) is 10.8 Å². The second kappa shape index (κ2) is 7.93. The topological polar surface area (TPSA) is 68.3 Å². The van der Waals surface area contributed by atoms with Crippen molar-refractivity contribution < 1.29 is 27.5 Å². The van der Waals surface area contributed by atoms with Crippen LogP contribution >= 0.6 is 11.3 Å². The van der Waals surface area contributed by atoms with Crippen molar-refractivity contribution in [2.45, 2.75) is 19.7 Å². The van der Waals surface area contributed by atoms with Gasteiger partial charge in [0.1, 0.15) is 6.61 Å². The third-order valence-electron chi connectivity index (χ3n) is 2.82. The number of anilines is 1. The zero-order valence-corrected chi connectivity index (χ0v) is 13.8. The molecule has 0 saturated carbocycles. The number of hydrogen-bond acceptors (Lipinski definition) is 5. The van der Waals surface area contributed by atoms with Crippen LogP contribution in [-0.4, -0.2) is 16.9 Å². The van der Waals surface area contributed by atoms with Crippen LogP contribution in [-0.2, 0) is 27.1 Å². The molecule has 1 amide bonds. The molecule has 5 nitrogen and oxygen atoms in total. The molecule has 0 saturated heterocycles. The van der Waals surface area contributed by atoms with Crippen LogP contribution in [0.3, 0.4) is 0 Å². The van der Waals surface area contributed by atoms with Crippen molar-refractivity contribution in [1.29, 1.82) is 0 Å². The standard InChI is InChI=1S/C16H13F3N2O3S/c1-10(22)20-15-21-13(9-25-15)8-24-14(23)6-5-11-3-2-4-12(7-11)16(17,18)19/h2-7,9H,8H2,1H3,(H,20,21,22)/b6-5+. The molecule has 0 aliphatic rings. The Kier molecular flexibility index (Phi) is 5.92. The maximum absolute atomic E-state index is 12.6. The van der Waals surface area contributed by atoms with Crippen LogP contribution in [0.1, 0.15) is 23.7 Å². The summed E-state index contributed by atoms with van der Waals surface area (Å²) >= 11 is 1.18. The summed E-state index contributed by atoms with van der Waals surface area (Å²) in [4.78, 5) is 26.6. The first-order valence-electron chi connectivity index (χ1n) is 6.98. The number of carbonyl (C=O) groups is 2. The van der Waals surface area contributed by atoms with Crippen molar-refractivity contribution in [3.8, 4) is 0 Å². The number of hydrogen-bond donors (Lipinski definition) is 1. The Morgan fingerprint density at radius 1 is 1.36 bits per heavy atom. The summed E-state index contributed by atoms with van der Waals surface area (Å²) < 4.78 is 42.8. The Balaban J connectivity index is 1.91. The van der Waals surface area contributed by atoms with Crippen LogP contribution in [0.4, 0.5) is 18.3 Å². The fourth-order valence-corrected chi connectivity index (χ4v) is 2.50. The molecular formula is C16H13F3N2O3S. The SMILES string of the molecule is CC(=O)Nc1nc(COC(=O)/C=C/c2cccc(C(F)(F)F)c2)cs1. The molecule has 2 rings (SSSR count). The molecule has 2 aromatic rings. The molecule has 9 heteroatoms. The number of aromatic nitrogens is 1. The third-order valence-corrected chi connectivity index (χ3v) is 3.63. The second-order valence-electron chi connectivity index (χ2n) is 4.89. The summed E-state index contributed by atoms with van der Waals surface area (Å²) in [6.07, 6.45) is -2.17. The van der Waals surface area contributed by atoms with Gasteiger partial charge in [0.2, 0.25) is 5.91 Å². The molecule has 1 heterocycles. The molecule has 0 aliphatic heterocycles. The van der Waals surface area contributed by atoms with Gasteiger partial charge in [-0.3, -0.25) is 4.79 Å². The molecule has 0 spiro atoms. The van der Waals surface area contributed by atoms with Gasteiger partial charge in [-0.2, -0.15) is 13.2 Å². The summed E-state index contributed by atoms with van der Waals surface area (Å²) in [5.41, 5.74) is -0.112. The van der Waals surface area contributed by atoms with Gasteiger partial charge < -0.3 is 10.1 Å². The fourth-order valence-electron chi connectivity index (χ4n) is 1.76. The molecule has 0 fully saturated rings. The molecule has 0 bridgehead atoms. The van der Waals surface area contributed by atoms with E-state index in [1.165, 1.54) is 36.5 Å². The largest absolute Gasteiger partial charge is 0.456 e. The first kappa shape index (κ1) is 18.7. The van der Waals surface area contributed by atoms with Crippen LogP contribution in [0.25, 0.3) is 6.08 Å². The van der Waals surface area contributed by atoms with Gasteiger partial charge in [0, 0.05) is 18.4 Å². The predicted molar refractivity (Wildman–Crippen MR) is 86.7 cm³/mol. The molecule has 1 aromatic heterocycles. The number of halogens is 3. The minimum Gasteiger partial charge on any atom is -0.456 e. The molecule has 0 unspecified atom stereocenters. The molecule has 1 N–H and O–H groups in total. The monoisotopic (exact) mass is 370 g/mol. The number of esters is 1. The zero-order chi connectivity index (χ0) is 18.4. The van der Waals surface area contributed by atoms with E-state index in [2.05, 4.69) is 10.3 Å². The van der Waals surface area contributed by atoms with Crippen LogP contribution in [0.2, 0.25) is 0 Å². The number of alkyl halides is 3. The van der Waals surface area contributed by atoms with Crippen LogP contribution in [0.5, 0.6) is 0 Å². The van der Waals surface area contributed by atoms with E-state index in [-0.39, 0.29) is 18.1 Å². The van der Waals surface area contributed by atoms with Crippen LogP contribution in [0.15, 0.2) is 35.7 Å². The molecule has 0 aliphatic carbocycles. The van der Waals surface area contributed by atoms with Gasteiger partial charge in [-0.1, -0.05) is 12.1 Å². The Bertz CT molecular complexity index is 800. The summed E-state index contributed by atoms with van der Waals surface area (Å²) in [5, 5.41) is 4.51. The van der Waals surface area contributed by atoms with E-state index in [0.717, 1.165) is 18.2 Å². The number of benzene rings is 1. The lowest BCUT2D eigenvalue weighted by atomic mass is 10.1. The highest BCUT2D eigenvalue weighted by atomic mass is 32.1. The normalized spacial score (nSPS) is 11.5. The molecule has 1 aromatic carbocycles. The third kappa shape index (κ3) is 6.03. The van der Waals surface area contributed by atoms with E-state index in [4.69, 9.17) is 4.74 Å². The number of nitrogens with one attached hydrogen (secondary N) is 1. The maximum atomic E-state index is 12.6. The second-order valence-corrected chi connectivity index (χ2v) is 5.75. The van der Waals surface area contributed by atoms with Gasteiger partial charge in [0.25, 0.3) is 0 Å². The van der Waals surface area contributed by atoms with E-state index in [1.54, 1.807) is 5.38 Å². The molecule has 25 heavy (non-hydrogen) atoms. The lowest BCUT2D eigenvalue weighted by Crippen LogP contribution is -2.06. The minimum atomic E-state index is -4.44. The van der Waals surface area contributed by atoms with E-state index in [9.17, 15) is 22.8 Å². The summed E-state index contributed by atoms with van der Waals surface area (Å²) in [6, 6.07) is 4.58. The van der Waals surface area contributed by atoms with Crippen molar-refractivity contribution in [2.75, 3.05) is 5.32 Å². The minimum absolute atomic E-state index is 0.109. The summed E-state index contributed by atoms with van der Waals surface area (Å²) in [7, 11) is 0. The summed E-state index contributed by atoms with van der Waals surface area (Å²) in [5.74, 6) is -0.978. The maximum Gasteiger partial charge on any atom is 0.416 e. The van der Waals surface area contributed by atoms with Crippen LogP contribution < -0.4 is 5.32 Å². The highest BCUT2D eigenvalue weighted by Gasteiger charge is 2.30. The van der Waals surface area contributed by atoms with Crippen LogP contribution in [0, 0.1) is 0 Å². The van der Waals surface area contributed by atoms with Gasteiger partial charge >= 0.3 is 12.1 Å². The Hall–Kier alpha value is -2.68. The van der Waals surface area contributed by atoms with E-state index < -0.39 is 17.7 Å². The quantitative estimate of drug-likeness (QED) is 0.641. The Morgan fingerprint density at radius 2 is 2.12 bits per heavy atom. The number of nitrogens with zero attached hydrogens (tertiary/aromatic N) is 1. The fraction of sp³-hybridized carbons (Fsp3) is 0.188. The predicted octanol–water partition coefficient (Wildman–Crippen LogP) is 3.88.